The fourth-order valence-electron chi connectivity index (χ4n) is 1.44. The lowest BCUT2D eigenvalue weighted by atomic mass is 10.2. The van der Waals surface area contributed by atoms with Crippen LogP contribution in [0.15, 0.2) is 24.3 Å². The molecule has 1 rings (SSSR count). The first kappa shape index (κ1) is 13.2. The van der Waals surface area contributed by atoms with Gasteiger partial charge in [0.15, 0.2) is 0 Å². The highest BCUT2D eigenvalue weighted by Crippen LogP contribution is 2.12. The number of Topliss-reactive ketones (excluding diaryl/α,β-unsaturated/α-hetero) is 1. The molecule has 4 nitrogen and oxygen atoms in total. The summed E-state index contributed by atoms with van der Waals surface area (Å²) >= 11 is 0. The van der Waals surface area contributed by atoms with Gasteiger partial charge >= 0.3 is 0 Å². The number of hydrogen-bond acceptors (Lipinski definition) is 3. The van der Waals surface area contributed by atoms with Gasteiger partial charge in [0, 0.05) is 13.6 Å². The maximum absolute atomic E-state index is 11.6. The average molecular weight is 235 g/mol. The SMILES string of the molecule is COc1ccc(CN(C)C(=O)CC(C)=O)cc1. The molecule has 0 aromatic heterocycles. The third-order valence-corrected chi connectivity index (χ3v) is 2.40. The monoisotopic (exact) mass is 235 g/mol. The molecule has 0 unspecified atom stereocenters. The summed E-state index contributed by atoms with van der Waals surface area (Å²) in [6.45, 7) is 1.91. The van der Waals surface area contributed by atoms with Crippen molar-refractivity contribution in [3.8, 4) is 5.75 Å². The van der Waals surface area contributed by atoms with E-state index in [1.807, 2.05) is 24.3 Å². The molecule has 1 amide bonds. The molecule has 1 aromatic carbocycles. The zero-order valence-corrected chi connectivity index (χ0v) is 10.4. The lowest BCUT2D eigenvalue weighted by molar-refractivity contribution is -0.134. The van der Waals surface area contributed by atoms with Crippen LogP contribution in [-0.2, 0) is 16.1 Å². The van der Waals surface area contributed by atoms with Crippen LogP contribution in [-0.4, -0.2) is 30.7 Å². The molecule has 0 aliphatic rings. The molecule has 0 aliphatic heterocycles. The second-order valence-corrected chi connectivity index (χ2v) is 3.98. The molecule has 0 N–H and O–H groups in total. The summed E-state index contributed by atoms with van der Waals surface area (Å²) in [4.78, 5) is 23.9. The van der Waals surface area contributed by atoms with E-state index in [4.69, 9.17) is 4.74 Å². The summed E-state index contributed by atoms with van der Waals surface area (Å²) in [5, 5.41) is 0. The summed E-state index contributed by atoms with van der Waals surface area (Å²) < 4.78 is 5.05. The molecule has 4 heteroatoms. The molecule has 0 saturated carbocycles. The van der Waals surface area contributed by atoms with Crippen molar-refractivity contribution in [1.82, 2.24) is 4.90 Å². The van der Waals surface area contributed by atoms with E-state index < -0.39 is 0 Å². The van der Waals surface area contributed by atoms with E-state index in [1.54, 1.807) is 19.1 Å². The van der Waals surface area contributed by atoms with Gasteiger partial charge in [-0.3, -0.25) is 9.59 Å². The number of nitrogens with zero attached hydrogens (tertiary/aromatic N) is 1. The predicted octanol–water partition coefficient (Wildman–Crippen LogP) is 1.63. The number of ketones is 1. The Morgan fingerprint density at radius 3 is 2.29 bits per heavy atom. The van der Waals surface area contributed by atoms with Crippen molar-refractivity contribution in [3.63, 3.8) is 0 Å². The van der Waals surface area contributed by atoms with Crippen LogP contribution in [0, 0.1) is 0 Å². The van der Waals surface area contributed by atoms with Crippen LogP contribution in [0.25, 0.3) is 0 Å². The zero-order chi connectivity index (χ0) is 12.8. The van der Waals surface area contributed by atoms with Gasteiger partial charge in [-0.1, -0.05) is 12.1 Å². The third-order valence-electron chi connectivity index (χ3n) is 2.40. The van der Waals surface area contributed by atoms with Crippen LogP contribution in [0.5, 0.6) is 5.75 Å². The number of hydrogen-bond donors (Lipinski definition) is 0. The molecule has 17 heavy (non-hydrogen) atoms. The highest BCUT2D eigenvalue weighted by atomic mass is 16.5. The van der Waals surface area contributed by atoms with E-state index in [-0.39, 0.29) is 18.1 Å². The first-order chi connectivity index (χ1) is 8.02. The van der Waals surface area contributed by atoms with E-state index in [0.717, 1.165) is 11.3 Å². The molecule has 0 bridgehead atoms. The molecule has 0 spiro atoms. The summed E-state index contributed by atoms with van der Waals surface area (Å²) in [5.41, 5.74) is 1.00. The minimum Gasteiger partial charge on any atom is -0.497 e. The van der Waals surface area contributed by atoms with Crippen LogP contribution in [0.3, 0.4) is 0 Å². The van der Waals surface area contributed by atoms with E-state index in [9.17, 15) is 9.59 Å². The summed E-state index contributed by atoms with van der Waals surface area (Å²) in [5.74, 6) is 0.511. The largest absolute Gasteiger partial charge is 0.497 e. The smallest absolute Gasteiger partial charge is 0.230 e. The van der Waals surface area contributed by atoms with E-state index in [0.29, 0.717) is 6.54 Å². The fourth-order valence-corrected chi connectivity index (χ4v) is 1.44. The first-order valence-electron chi connectivity index (χ1n) is 5.39. The maximum atomic E-state index is 11.6. The van der Waals surface area contributed by atoms with Gasteiger partial charge in [-0.25, -0.2) is 0 Å². The number of rotatable bonds is 5. The fraction of sp³-hybridized carbons (Fsp3) is 0.385. The predicted molar refractivity (Wildman–Crippen MR) is 64.8 cm³/mol. The number of carbonyl (C=O) groups is 2. The van der Waals surface area contributed by atoms with Gasteiger partial charge < -0.3 is 9.64 Å². The Labute approximate surface area is 101 Å². The van der Waals surface area contributed by atoms with Crippen molar-refractivity contribution < 1.29 is 14.3 Å². The average Bonchev–Trinajstić information content (AvgIpc) is 2.29. The molecule has 0 fully saturated rings. The Kier molecular flexibility index (Phi) is 4.69. The Balaban J connectivity index is 2.57. The highest BCUT2D eigenvalue weighted by molar-refractivity contribution is 5.96. The minimum absolute atomic E-state index is 0.0351. The van der Waals surface area contributed by atoms with Crippen molar-refractivity contribution in [2.24, 2.45) is 0 Å². The second kappa shape index (κ2) is 6.03. The van der Waals surface area contributed by atoms with Crippen molar-refractivity contribution in [2.45, 2.75) is 19.9 Å². The van der Waals surface area contributed by atoms with E-state index >= 15 is 0 Å². The summed E-state index contributed by atoms with van der Waals surface area (Å²) in [6, 6.07) is 7.49. The van der Waals surface area contributed by atoms with Crippen LogP contribution < -0.4 is 4.74 Å². The molecule has 92 valence electrons. The first-order valence-corrected chi connectivity index (χ1v) is 5.39. The van der Waals surface area contributed by atoms with Crippen LogP contribution >= 0.6 is 0 Å². The summed E-state index contributed by atoms with van der Waals surface area (Å²) in [7, 11) is 3.30. The van der Waals surface area contributed by atoms with Crippen LogP contribution in [0.1, 0.15) is 18.9 Å². The summed E-state index contributed by atoms with van der Waals surface area (Å²) in [6.07, 6.45) is -0.0351. The number of amides is 1. The topological polar surface area (TPSA) is 46.6 Å². The Hall–Kier alpha value is -1.84. The molecule has 0 heterocycles. The van der Waals surface area contributed by atoms with E-state index in [1.165, 1.54) is 6.92 Å². The van der Waals surface area contributed by atoms with Gasteiger partial charge in [0.25, 0.3) is 0 Å². The normalized spacial score (nSPS) is 9.82. The Morgan fingerprint density at radius 2 is 1.82 bits per heavy atom. The van der Waals surface area contributed by atoms with Crippen molar-refractivity contribution in [3.05, 3.63) is 29.8 Å². The van der Waals surface area contributed by atoms with Crippen molar-refractivity contribution >= 4 is 11.7 Å². The number of ether oxygens (including phenoxy) is 1. The van der Waals surface area contributed by atoms with Crippen LogP contribution in [0.2, 0.25) is 0 Å². The molecule has 0 radical (unpaired) electrons. The maximum Gasteiger partial charge on any atom is 0.230 e. The minimum atomic E-state index is -0.159. The number of methoxy groups -OCH3 is 1. The van der Waals surface area contributed by atoms with Gasteiger partial charge in [-0.2, -0.15) is 0 Å². The van der Waals surface area contributed by atoms with Crippen LogP contribution in [0.4, 0.5) is 0 Å². The standard InChI is InChI=1S/C13H17NO3/c1-10(15)8-13(16)14(2)9-11-4-6-12(17-3)7-5-11/h4-7H,8-9H2,1-3H3. The number of carbonyl (C=O) groups excluding carboxylic acids is 2. The second-order valence-electron chi connectivity index (χ2n) is 3.98. The molecular formula is C13H17NO3. The van der Waals surface area contributed by atoms with Crippen molar-refractivity contribution in [1.29, 1.82) is 0 Å². The highest BCUT2D eigenvalue weighted by Gasteiger charge is 2.11. The molecule has 0 saturated heterocycles. The Morgan fingerprint density at radius 1 is 1.24 bits per heavy atom. The lowest BCUT2D eigenvalue weighted by Crippen LogP contribution is -2.27. The van der Waals surface area contributed by atoms with Gasteiger partial charge in [0.05, 0.1) is 13.5 Å². The quantitative estimate of drug-likeness (QED) is 0.729. The van der Waals surface area contributed by atoms with Gasteiger partial charge in [0.1, 0.15) is 11.5 Å². The van der Waals surface area contributed by atoms with Gasteiger partial charge in [-0.05, 0) is 24.6 Å². The molecule has 0 aliphatic carbocycles. The van der Waals surface area contributed by atoms with Gasteiger partial charge in [-0.15, -0.1) is 0 Å². The molecular weight excluding hydrogens is 218 g/mol. The number of benzene rings is 1. The van der Waals surface area contributed by atoms with E-state index in [2.05, 4.69) is 0 Å². The lowest BCUT2D eigenvalue weighted by Gasteiger charge is -2.16. The van der Waals surface area contributed by atoms with Gasteiger partial charge in [0.2, 0.25) is 5.91 Å². The Bertz CT molecular complexity index is 398. The van der Waals surface area contributed by atoms with Crippen molar-refractivity contribution in [2.75, 3.05) is 14.2 Å². The zero-order valence-electron chi connectivity index (χ0n) is 10.4. The molecule has 1 aromatic rings. The third kappa shape index (κ3) is 4.26. The molecule has 0 atom stereocenters.